The topological polar surface area (TPSA) is 29.3 Å². The third-order valence-electron chi connectivity index (χ3n) is 4.88. The lowest BCUT2D eigenvalue weighted by atomic mass is 9.71. The Balaban J connectivity index is 1.52. The molecule has 3 fully saturated rings. The van der Waals surface area contributed by atoms with Gasteiger partial charge in [0.25, 0.3) is 0 Å². The van der Waals surface area contributed by atoms with Crippen LogP contribution in [0.2, 0.25) is 0 Å². The molecule has 1 aromatic heterocycles. The van der Waals surface area contributed by atoms with Crippen LogP contribution in [0.4, 0.5) is 0 Å². The number of fused-ring (bicyclic) bond motifs is 1. The Morgan fingerprint density at radius 2 is 2.10 bits per heavy atom. The lowest BCUT2D eigenvalue weighted by Crippen LogP contribution is -2.47. The Morgan fingerprint density at radius 1 is 1.30 bits per heavy atom. The molecule has 5 rings (SSSR count). The molecule has 20 heavy (non-hydrogen) atoms. The number of nitrogens with zero attached hydrogens (tertiary/aromatic N) is 2. The molecular weight excluding hydrogens is 248 g/mol. The summed E-state index contributed by atoms with van der Waals surface area (Å²) in [5, 5.41) is 4.02. The van der Waals surface area contributed by atoms with Gasteiger partial charge < -0.3 is 4.52 Å². The quantitative estimate of drug-likeness (QED) is 0.853. The summed E-state index contributed by atoms with van der Waals surface area (Å²) in [7, 11) is 0. The van der Waals surface area contributed by atoms with E-state index in [9.17, 15) is 0 Å². The van der Waals surface area contributed by atoms with Gasteiger partial charge in [-0.05, 0) is 31.2 Å². The Morgan fingerprint density at radius 3 is 2.80 bits per heavy atom. The Bertz CT molecular complexity index is 598. The van der Waals surface area contributed by atoms with E-state index in [1.165, 1.54) is 24.9 Å². The van der Waals surface area contributed by atoms with Crippen molar-refractivity contribution in [2.75, 3.05) is 6.54 Å². The van der Waals surface area contributed by atoms with E-state index < -0.39 is 0 Å². The molecule has 2 saturated heterocycles. The van der Waals surface area contributed by atoms with Crippen molar-refractivity contribution in [2.45, 2.75) is 38.3 Å². The maximum Gasteiger partial charge on any atom is 0.138 e. The Hall–Kier alpha value is -1.61. The van der Waals surface area contributed by atoms with Gasteiger partial charge in [-0.25, -0.2) is 0 Å². The summed E-state index contributed by atoms with van der Waals surface area (Å²) in [6, 6.07) is 12.9. The van der Waals surface area contributed by atoms with Crippen LogP contribution >= 0.6 is 0 Å². The fourth-order valence-corrected chi connectivity index (χ4v) is 4.02. The number of aryl methyl sites for hydroxylation is 1. The highest BCUT2D eigenvalue weighted by atomic mass is 16.5. The first kappa shape index (κ1) is 12.2. The van der Waals surface area contributed by atoms with Gasteiger partial charge in [0.15, 0.2) is 0 Å². The van der Waals surface area contributed by atoms with Gasteiger partial charge in [-0.15, -0.1) is 0 Å². The molecule has 1 aromatic carbocycles. The molecular formula is C17H20N2O. The highest BCUT2D eigenvalue weighted by Gasteiger charge is 2.55. The van der Waals surface area contributed by atoms with Crippen LogP contribution in [-0.4, -0.2) is 22.1 Å². The SMILES string of the molecule is Cc1cc(CC23CC(CN2Cc2ccccc2)C3)on1. The van der Waals surface area contributed by atoms with Crippen molar-refractivity contribution in [2.24, 2.45) is 5.92 Å². The maximum absolute atomic E-state index is 5.44. The zero-order chi connectivity index (χ0) is 13.6. The average Bonchev–Trinajstić information content (AvgIpc) is 3.04. The van der Waals surface area contributed by atoms with Crippen LogP contribution in [0.25, 0.3) is 0 Å². The van der Waals surface area contributed by atoms with E-state index in [4.69, 9.17) is 4.52 Å². The van der Waals surface area contributed by atoms with Gasteiger partial charge in [-0.1, -0.05) is 35.5 Å². The predicted molar refractivity (Wildman–Crippen MR) is 77.3 cm³/mol. The van der Waals surface area contributed by atoms with Crippen molar-refractivity contribution in [1.82, 2.24) is 10.1 Å². The molecule has 3 nitrogen and oxygen atoms in total. The van der Waals surface area contributed by atoms with Crippen LogP contribution in [0, 0.1) is 12.8 Å². The first-order valence-electron chi connectivity index (χ1n) is 7.45. The highest BCUT2D eigenvalue weighted by molar-refractivity contribution is 5.20. The molecule has 0 spiro atoms. The number of hydrogen-bond donors (Lipinski definition) is 0. The van der Waals surface area contributed by atoms with Gasteiger partial charge >= 0.3 is 0 Å². The van der Waals surface area contributed by atoms with Crippen molar-refractivity contribution in [3.05, 3.63) is 53.4 Å². The largest absolute Gasteiger partial charge is 0.361 e. The highest BCUT2D eigenvalue weighted by Crippen LogP contribution is 2.52. The molecule has 2 aromatic rings. The monoisotopic (exact) mass is 268 g/mol. The van der Waals surface area contributed by atoms with Gasteiger partial charge in [0.1, 0.15) is 5.76 Å². The molecule has 1 aliphatic carbocycles. The number of rotatable bonds is 4. The maximum atomic E-state index is 5.44. The van der Waals surface area contributed by atoms with E-state index in [0.29, 0.717) is 5.54 Å². The summed E-state index contributed by atoms with van der Waals surface area (Å²) < 4.78 is 5.44. The third kappa shape index (κ3) is 1.97. The van der Waals surface area contributed by atoms with E-state index in [0.717, 1.165) is 30.3 Å². The number of hydrogen-bond acceptors (Lipinski definition) is 3. The average molecular weight is 268 g/mol. The first-order chi connectivity index (χ1) is 9.73. The molecule has 104 valence electrons. The van der Waals surface area contributed by atoms with Crippen molar-refractivity contribution in [3.8, 4) is 0 Å². The summed E-state index contributed by atoms with van der Waals surface area (Å²) in [5.74, 6) is 1.93. The minimum Gasteiger partial charge on any atom is -0.361 e. The third-order valence-corrected chi connectivity index (χ3v) is 4.88. The standard InChI is InChI=1S/C17H20N2O/c1-13-7-16(20-18-13)10-17-8-15(9-17)12-19(17)11-14-5-3-2-4-6-14/h2-7,15H,8-12H2,1H3. The van der Waals surface area contributed by atoms with Crippen LogP contribution in [0.5, 0.6) is 0 Å². The van der Waals surface area contributed by atoms with E-state index >= 15 is 0 Å². The predicted octanol–water partition coefficient (Wildman–Crippen LogP) is 3.19. The smallest absolute Gasteiger partial charge is 0.138 e. The second-order valence-electron chi connectivity index (χ2n) is 6.48. The first-order valence-corrected chi connectivity index (χ1v) is 7.45. The van der Waals surface area contributed by atoms with E-state index in [-0.39, 0.29) is 0 Å². The number of aromatic nitrogens is 1. The van der Waals surface area contributed by atoms with Crippen LogP contribution < -0.4 is 0 Å². The summed E-state index contributed by atoms with van der Waals surface area (Å²) in [4.78, 5) is 2.66. The molecule has 2 aliphatic heterocycles. The Kier molecular flexibility index (Phi) is 2.71. The van der Waals surface area contributed by atoms with Gasteiger partial charge in [-0.2, -0.15) is 0 Å². The fraction of sp³-hybridized carbons (Fsp3) is 0.471. The van der Waals surface area contributed by atoms with E-state index in [1.807, 2.05) is 6.92 Å². The minimum atomic E-state index is 0.326. The molecule has 3 heterocycles. The van der Waals surface area contributed by atoms with Crippen LogP contribution in [0.1, 0.15) is 29.9 Å². The second-order valence-corrected chi connectivity index (χ2v) is 6.48. The van der Waals surface area contributed by atoms with Gasteiger partial charge in [0, 0.05) is 31.1 Å². The number of benzene rings is 1. The van der Waals surface area contributed by atoms with Crippen molar-refractivity contribution in [3.63, 3.8) is 0 Å². The zero-order valence-electron chi connectivity index (χ0n) is 11.9. The molecule has 3 heteroatoms. The molecule has 0 amide bonds. The zero-order valence-corrected chi connectivity index (χ0v) is 11.9. The molecule has 0 atom stereocenters. The van der Waals surface area contributed by atoms with Crippen molar-refractivity contribution in [1.29, 1.82) is 0 Å². The molecule has 0 radical (unpaired) electrons. The minimum absolute atomic E-state index is 0.326. The molecule has 0 unspecified atom stereocenters. The Labute approximate surface area is 119 Å². The summed E-state index contributed by atoms with van der Waals surface area (Å²) in [5.41, 5.74) is 2.72. The summed E-state index contributed by atoms with van der Waals surface area (Å²) >= 11 is 0. The van der Waals surface area contributed by atoms with Crippen molar-refractivity contribution >= 4 is 0 Å². The fourth-order valence-electron chi connectivity index (χ4n) is 4.02. The molecule has 0 N–H and O–H groups in total. The van der Waals surface area contributed by atoms with Gasteiger partial charge in [0.05, 0.1) is 5.69 Å². The van der Waals surface area contributed by atoms with Crippen LogP contribution in [0.3, 0.4) is 0 Å². The summed E-state index contributed by atoms with van der Waals surface area (Å²) in [6.07, 6.45) is 3.65. The van der Waals surface area contributed by atoms with Crippen LogP contribution in [-0.2, 0) is 13.0 Å². The van der Waals surface area contributed by atoms with E-state index in [2.05, 4.69) is 46.5 Å². The lowest BCUT2D eigenvalue weighted by Gasteiger charge is -2.42. The van der Waals surface area contributed by atoms with Gasteiger partial charge in [0.2, 0.25) is 0 Å². The lowest BCUT2D eigenvalue weighted by molar-refractivity contribution is 0.0927. The summed E-state index contributed by atoms with van der Waals surface area (Å²) in [6.45, 7) is 4.29. The molecule has 3 aliphatic rings. The van der Waals surface area contributed by atoms with Gasteiger partial charge in [-0.3, -0.25) is 4.90 Å². The van der Waals surface area contributed by atoms with E-state index in [1.54, 1.807) is 0 Å². The molecule has 1 saturated carbocycles. The normalized spacial score (nSPS) is 28.6. The van der Waals surface area contributed by atoms with Crippen molar-refractivity contribution < 1.29 is 4.52 Å². The van der Waals surface area contributed by atoms with Crippen LogP contribution in [0.15, 0.2) is 40.9 Å². The molecule has 2 bridgehead atoms. The second kappa shape index (κ2) is 4.45.